The Morgan fingerprint density at radius 3 is 2.45 bits per heavy atom. The van der Waals surface area contributed by atoms with Crippen LogP contribution < -0.4 is 0 Å². The van der Waals surface area contributed by atoms with Gasteiger partial charge in [-0.05, 0) is 12.0 Å². The number of benzene rings is 1. The molecule has 2 heteroatoms. The Balaban J connectivity index is 2.61. The minimum Gasteiger partial charge on any atom is -0.396 e. The number of thiol groups is 1. The third-order valence-corrected chi connectivity index (χ3v) is 2.14. The van der Waals surface area contributed by atoms with Gasteiger partial charge < -0.3 is 5.11 Å². The highest BCUT2D eigenvalue weighted by Gasteiger charge is 2.02. The van der Waals surface area contributed by atoms with Gasteiger partial charge in [0, 0.05) is 11.9 Å². The van der Waals surface area contributed by atoms with Crippen LogP contribution in [0.4, 0.5) is 0 Å². The van der Waals surface area contributed by atoms with Gasteiger partial charge in [0.05, 0.1) is 0 Å². The minimum atomic E-state index is 0.168. The molecule has 1 nitrogen and oxygen atoms in total. The highest BCUT2D eigenvalue weighted by molar-refractivity contribution is 7.80. The van der Waals surface area contributed by atoms with Crippen molar-refractivity contribution in [2.24, 2.45) is 0 Å². The molecular formula is C9H12OS. The molecule has 0 bridgehead atoms. The second kappa shape index (κ2) is 4.42. The van der Waals surface area contributed by atoms with Crippen LogP contribution >= 0.6 is 12.6 Å². The molecule has 0 aliphatic carbocycles. The molecule has 1 aromatic carbocycles. The summed E-state index contributed by atoms with van der Waals surface area (Å²) in [6.45, 7) is 0.197. The molecule has 1 unspecified atom stereocenters. The lowest BCUT2D eigenvalue weighted by atomic mass is 10.1. The average Bonchev–Trinajstić information content (AvgIpc) is 2.07. The van der Waals surface area contributed by atoms with Crippen molar-refractivity contribution < 1.29 is 5.11 Å². The topological polar surface area (TPSA) is 20.2 Å². The van der Waals surface area contributed by atoms with E-state index in [1.54, 1.807) is 0 Å². The summed E-state index contributed by atoms with van der Waals surface area (Å²) in [6, 6.07) is 9.98. The zero-order valence-electron chi connectivity index (χ0n) is 6.27. The fourth-order valence-corrected chi connectivity index (χ4v) is 1.25. The molecule has 0 aromatic heterocycles. The van der Waals surface area contributed by atoms with Crippen LogP contribution in [0, 0.1) is 0 Å². The van der Waals surface area contributed by atoms with Crippen molar-refractivity contribution in [2.75, 3.05) is 6.61 Å². The normalized spacial score (nSPS) is 12.9. The van der Waals surface area contributed by atoms with E-state index < -0.39 is 0 Å². The molecule has 0 saturated heterocycles. The molecule has 0 heterocycles. The molecule has 0 aliphatic heterocycles. The zero-order valence-corrected chi connectivity index (χ0v) is 7.17. The molecule has 11 heavy (non-hydrogen) atoms. The van der Waals surface area contributed by atoms with Gasteiger partial charge in [-0.2, -0.15) is 12.6 Å². The van der Waals surface area contributed by atoms with Crippen LogP contribution in [0.1, 0.15) is 17.2 Å². The second-order valence-electron chi connectivity index (χ2n) is 2.44. The van der Waals surface area contributed by atoms with E-state index in [0.717, 1.165) is 0 Å². The fourth-order valence-electron chi connectivity index (χ4n) is 0.964. The van der Waals surface area contributed by atoms with Crippen molar-refractivity contribution in [3.63, 3.8) is 0 Å². The van der Waals surface area contributed by atoms with Crippen LogP contribution in [-0.2, 0) is 0 Å². The molecule has 1 atom stereocenters. The van der Waals surface area contributed by atoms with Crippen LogP contribution in [0.5, 0.6) is 0 Å². The maximum Gasteiger partial charge on any atom is 0.0444 e. The number of aliphatic hydroxyl groups excluding tert-OH is 1. The maximum atomic E-state index is 8.65. The first-order chi connectivity index (χ1) is 5.34. The van der Waals surface area contributed by atoms with Crippen molar-refractivity contribution in [1.82, 2.24) is 0 Å². The van der Waals surface area contributed by atoms with Gasteiger partial charge >= 0.3 is 0 Å². The summed E-state index contributed by atoms with van der Waals surface area (Å²) < 4.78 is 0. The third-order valence-electron chi connectivity index (χ3n) is 1.59. The van der Waals surface area contributed by atoms with Gasteiger partial charge in [0.2, 0.25) is 0 Å². The number of hydrogen-bond donors (Lipinski definition) is 2. The quantitative estimate of drug-likeness (QED) is 0.662. The predicted octanol–water partition coefficient (Wildman–Crippen LogP) is 2.04. The summed E-state index contributed by atoms with van der Waals surface area (Å²) >= 11 is 4.34. The van der Waals surface area contributed by atoms with Gasteiger partial charge in [-0.1, -0.05) is 30.3 Å². The molecule has 1 N–H and O–H groups in total. The summed E-state index contributed by atoms with van der Waals surface area (Å²) in [5.41, 5.74) is 1.17. The molecular weight excluding hydrogens is 156 g/mol. The summed E-state index contributed by atoms with van der Waals surface area (Å²) in [5, 5.41) is 8.82. The lowest BCUT2D eigenvalue weighted by Gasteiger charge is -2.07. The first kappa shape index (κ1) is 8.62. The fraction of sp³-hybridized carbons (Fsp3) is 0.333. The van der Waals surface area contributed by atoms with Crippen molar-refractivity contribution in [3.8, 4) is 0 Å². The van der Waals surface area contributed by atoms with E-state index in [1.165, 1.54) is 5.56 Å². The van der Waals surface area contributed by atoms with Crippen molar-refractivity contribution in [3.05, 3.63) is 35.9 Å². The highest BCUT2D eigenvalue weighted by Crippen LogP contribution is 2.22. The molecule has 0 amide bonds. The van der Waals surface area contributed by atoms with Gasteiger partial charge in [0.1, 0.15) is 0 Å². The van der Waals surface area contributed by atoms with E-state index in [-0.39, 0.29) is 11.9 Å². The van der Waals surface area contributed by atoms with E-state index in [0.29, 0.717) is 6.42 Å². The van der Waals surface area contributed by atoms with Gasteiger partial charge in [0.15, 0.2) is 0 Å². The monoisotopic (exact) mass is 168 g/mol. The summed E-state index contributed by atoms with van der Waals surface area (Å²) in [6.07, 6.45) is 0.715. The van der Waals surface area contributed by atoms with Gasteiger partial charge in [-0.25, -0.2) is 0 Å². The predicted molar refractivity (Wildman–Crippen MR) is 49.9 cm³/mol. The molecule has 0 spiro atoms. The summed E-state index contributed by atoms with van der Waals surface area (Å²) in [5.74, 6) is 0. The zero-order chi connectivity index (χ0) is 8.10. The van der Waals surface area contributed by atoms with E-state index in [4.69, 9.17) is 5.11 Å². The highest BCUT2D eigenvalue weighted by atomic mass is 32.1. The maximum absolute atomic E-state index is 8.65. The van der Waals surface area contributed by atoms with Crippen molar-refractivity contribution in [1.29, 1.82) is 0 Å². The van der Waals surface area contributed by atoms with Crippen LogP contribution in [0.2, 0.25) is 0 Å². The largest absolute Gasteiger partial charge is 0.396 e. The van der Waals surface area contributed by atoms with Gasteiger partial charge in [-0.3, -0.25) is 0 Å². The molecule has 1 aromatic rings. The molecule has 0 fully saturated rings. The van der Waals surface area contributed by atoms with E-state index in [1.807, 2.05) is 30.3 Å². The Labute approximate surface area is 72.5 Å². The standard InChI is InChI=1S/C9H12OS/c10-7-6-9(11)8-4-2-1-3-5-8/h1-5,9-11H,6-7H2. The first-order valence-corrected chi connectivity index (χ1v) is 4.20. The van der Waals surface area contributed by atoms with Crippen LogP contribution in [0.3, 0.4) is 0 Å². The average molecular weight is 168 g/mol. The number of hydrogen-bond acceptors (Lipinski definition) is 2. The first-order valence-electron chi connectivity index (χ1n) is 3.68. The molecule has 60 valence electrons. The summed E-state index contributed by atoms with van der Waals surface area (Å²) in [4.78, 5) is 0. The van der Waals surface area contributed by atoms with Crippen LogP contribution in [0.15, 0.2) is 30.3 Å². The number of aliphatic hydroxyl groups is 1. The Morgan fingerprint density at radius 1 is 1.27 bits per heavy atom. The van der Waals surface area contributed by atoms with Crippen molar-refractivity contribution in [2.45, 2.75) is 11.7 Å². The summed E-state index contributed by atoms with van der Waals surface area (Å²) in [7, 11) is 0. The smallest absolute Gasteiger partial charge is 0.0444 e. The van der Waals surface area contributed by atoms with Gasteiger partial charge in [-0.15, -0.1) is 0 Å². The lowest BCUT2D eigenvalue weighted by molar-refractivity contribution is 0.287. The Bertz CT molecular complexity index is 198. The number of rotatable bonds is 3. The van der Waals surface area contributed by atoms with Crippen LogP contribution in [-0.4, -0.2) is 11.7 Å². The molecule has 0 radical (unpaired) electrons. The van der Waals surface area contributed by atoms with Crippen LogP contribution in [0.25, 0.3) is 0 Å². The molecule has 0 saturated carbocycles. The molecule has 0 aliphatic rings. The SMILES string of the molecule is OCCC(S)c1ccccc1. The second-order valence-corrected chi connectivity index (χ2v) is 3.06. The molecule has 1 rings (SSSR count). The van der Waals surface area contributed by atoms with E-state index in [2.05, 4.69) is 12.6 Å². The Hall–Kier alpha value is -0.470. The van der Waals surface area contributed by atoms with E-state index in [9.17, 15) is 0 Å². The Kier molecular flexibility index (Phi) is 3.46. The van der Waals surface area contributed by atoms with E-state index >= 15 is 0 Å². The Morgan fingerprint density at radius 2 is 1.91 bits per heavy atom. The lowest BCUT2D eigenvalue weighted by Crippen LogP contribution is -1.93. The van der Waals surface area contributed by atoms with Crippen molar-refractivity contribution >= 4 is 12.6 Å². The third kappa shape index (κ3) is 2.56. The minimum absolute atomic E-state index is 0.168. The van der Waals surface area contributed by atoms with Gasteiger partial charge in [0.25, 0.3) is 0 Å².